The number of aromatic nitrogens is 2. The molecule has 1 atom stereocenters. The third-order valence-corrected chi connectivity index (χ3v) is 4.68. The van der Waals surface area contributed by atoms with Gasteiger partial charge in [0.2, 0.25) is 5.91 Å². The van der Waals surface area contributed by atoms with E-state index in [1.54, 1.807) is 12.1 Å². The van der Waals surface area contributed by atoms with Crippen LogP contribution in [0.25, 0.3) is 11.0 Å². The van der Waals surface area contributed by atoms with Crippen molar-refractivity contribution in [1.82, 2.24) is 14.9 Å². The van der Waals surface area contributed by atoms with Crippen molar-refractivity contribution in [2.45, 2.75) is 18.9 Å². The predicted molar refractivity (Wildman–Crippen MR) is 96.1 cm³/mol. The van der Waals surface area contributed by atoms with E-state index >= 15 is 0 Å². The fourth-order valence-electron chi connectivity index (χ4n) is 3.26. The number of aromatic amines is 1. The summed E-state index contributed by atoms with van der Waals surface area (Å²) in [7, 11) is 0. The highest BCUT2D eigenvalue weighted by atomic mass is 19.1. The van der Waals surface area contributed by atoms with Crippen molar-refractivity contribution in [3.8, 4) is 0 Å². The largest absolute Gasteiger partial charge is 0.370 e. The lowest BCUT2D eigenvalue weighted by molar-refractivity contribution is -0.139. The Morgan fingerprint density at radius 3 is 2.85 bits per heavy atom. The van der Waals surface area contributed by atoms with E-state index in [0.29, 0.717) is 32.5 Å². The lowest BCUT2D eigenvalue weighted by Crippen LogP contribution is -2.42. The van der Waals surface area contributed by atoms with Gasteiger partial charge in [0.15, 0.2) is 0 Å². The van der Waals surface area contributed by atoms with Crippen LogP contribution in [0.2, 0.25) is 0 Å². The van der Waals surface area contributed by atoms with Gasteiger partial charge in [-0.1, -0.05) is 24.3 Å². The summed E-state index contributed by atoms with van der Waals surface area (Å²) in [4.78, 5) is 22.2. The van der Waals surface area contributed by atoms with Gasteiger partial charge in [0.05, 0.1) is 24.2 Å². The summed E-state index contributed by atoms with van der Waals surface area (Å²) in [5.74, 6) is 0.632. The van der Waals surface area contributed by atoms with Gasteiger partial charge in [0.25, 0.3) is 0 Å². The van der Waals surface area contributed by atoms with Crippen LogP contribution in [0.15, 0.2) is 48.5 Å². The molecule has 0 bridgehead atoms. The molecule has 1 saturated heterocycles. The number of nitrogens with zero attached hydrogens (tertiary/aromatic N) is 2. The Hall–Kier alpha value is -2.73. The molecule has 0 radical (unpaired) electrons. The van der Waals surface area contributed by atoms with E-state index in [2.05, 4.69) is 9.97 Å². The molecule has 26 heavy (non-hydrogen) atoms. The molecular formula is C20H20FN3O2. The number of hydrogen-bond acceptors (Lipinski definition) is 3. The summed E-state index contributed by atoms with van der Waals surface area (Å²) in [5.41, 5.74) is 2.79. The smallest absolute Gasteiger partial charge is 0.223 e. The molecular weight excluding hydrogens is 333 g/mol. The highest BCUT2D eigenvalue weighted by Gasteiger charge is 2.25. The summed E-state index contributed by atoms with van der Waals surface area (Å²) >= 11 is 0. The number of hydrogen-bond donors (Lipinski definition) is 1. The van der Waals surface area contributed by atoms with E-state index in [9.17, 15) is 9.18 Å². The Morgan fingerprint density at radius 1 is 1.23 bits per heavy atom. The van der Waals surface area contributed by atoms with Gasteiger partial charge in [-0.25, -0.2) is 9.37 Å². The molecule has 1 unspecified atom stereocenters. The number of H-pyrrole nitrogens is 1. The number of fused-ring (bicyclic) bond motifs is 1. The molecule has 6 heteroatoms. The third kappa shape index (κ3) is 3.60. The minimum atomic E-state index is -0.275. The van der Waals surface area contributed by atoms with E-state index in [1.807, 2.05) is 29.2 Å². The zero-order chi connectivity index (χ0) is 17.9. The molecule has 0 saturated carbocycles. The van der Waals surface area contributed by atoms with Crippen LogP contribution in [0.4, 0.5) is 4.39 Å². The quantitative estimate of drug-likeness (QED) is 0.783. The molecule has 1 aromatic heterocycles. The first kappa shape index (κ1) is 16.7. The first-order chi connectivity index (χ1) is 12.7. The molecule has 2 heterocycles. The number of imidazole rings is 1. The standard InChI is InChI=1S/C20H20FN3O2/c21-15-7-5-14(6-8-15)18-13-24(11-12-26-18)20(25)10-9-19-22-16-3-1-2-4-17(16)23-19/h1-8,18H,9-13H2,(H,22,23). The predicted octanol–water partition coefficient (Wildman–Crippen LogP) is 3.23. The van der Waals surface area contributed by atoms with Gasteiger partial charge in [0.1, 0.15) is 17.7 Å². The van der Waals surface area contributed by atoms with Gasteiger partial charge in [-0.3, -0.25) is 4.79 Å². The van der Waals surface area contributed by atoms with Crippen molar-refractivity contribution in [1.29, 1.82) is 0 Å². The van der Waals surface area contributed by atoms with Crippen LogP contribution in [0, 0.1) is 5.82 Å². The number of benzene rings is 2. The summed E-state index contributed by atoms with van der Waals surface area (Å²) in [6.07, 6.45) is 0.765. The third-order valence-electron chi connectivity index (χ3n) is 4.68. The minimum absolute atomic E-state index is 0.0841. The van der Waals surface area contributed by atoms with Crippen molar-refractivity contribution in [3.63, 3.8) is 0 Å². The second kappa shape index (κ2) is 7.25. The number of amides is 1. The van der Waals surface area contributed by atoms with Gasteiger partial charge in [0, 0.05) is 19.4 Å². The number of carbonyl (C=O) groups excluding carboxylic acids is 1. The number of ether oxygens (including phenoxy) is 1. The number of halogens is 1. The SMILES string of the molecule is O=C(CCc1nc2ccccc2[nH]1)N1CCOC(c2ccc(F)cc2)C1. The zero-order valence-corrected chi connectivity index (χ0v) is 14.3. The Labute approximate surface area is 150 Å². The Bertz CT molecular complexity index is 874. The van der Waals surface area contributed by atoms with Crippen molar-refractivity contribution in [2.24, 2.45) is 0 Å². The number of nitrogens with one attached hydrogen (secondary N) is 1. The molecule has 134 valence electrons. The van der Waals surface area contributed by atoms with E-state index in [-0.39, 0.29) is 17.8 Å². The molecule has 5 nitrogen and oxygen atoms in total. The average molecular weight is 353 g/mol. The molecule has 1 N–H and O–H groups in total. The molecule has 2 aromatic carbocycles. The van der Waals surface area contributed by atoms with Gasteiger partial charge >= 0.3 is 0 Å². The van der Waals surface area contributed by atoms with Crippen LogP contribution in [0.5, 0.6) is 0 Å². The number of aryl methyl sites for hydroxylation is 1. The lowest BCUT2D eigenvalue weighted by atomic mass is 10.1. The van der Waals surface area contributed by atoms with Crippen molar-refractivity contribution >= 4 is 16.9 Å². The van der Waals surface area contributed by atoms with Crippen molar-refractivity contribution in [2.75, 3.05) is 19.7 Å². The maximum absolute atomic E-state index is 13.1. The van der Waals surface area contributed by atoms with E-state index < -0.39 is 0 Å². The zero-order valence-electron chi connectivity index (χ0n) is 14.3. The molecule has 1 aliphatic rings. The Morgan fingerprint density at radius 2 is 2.04 bits per heavy atom. The fourth-order valence-corrected chi connectivity index (χ4v) is 3.26. The highest BCUT2D eigenvalue weighted by Crippen LogP contribution is 2.23. The first-order valence-corrected chi connectivity index (χ1v) is 8.77. The number of carbonyl (C=O) groups is 1. The maximum atomic E-state index is 13.1. The molecule has 4 rings (SSSR count). The van der Waals surface area contributed by atoms with Crippen LogP contribution in [0.3, 0.4) is 0 Å². The van der Waals surface area contributed by atoms with Crippen LogP contribution in [-0.4, -0.2) is 40.5 Å². The second-order valence-corrected chi connectivity index (χ2v) is 6.45. The molecule has 1 amide bonds. The second-order valence-electron chi connectivity index (χ2n) is 6.45. The van der Waals surface area contributed by atoms with Crippen molar-refractivity contribution in [3.05, 3.63) is 65.7 Å². The van der Waals surface area contributed by atoms with Crippen LogP contribution < -0.4 is 0 Å². The number of morpholine rings is 1. The highest BCUT2D eigenvalue weighted by molar-refractivity contribution is 5.77. The molecule has 3 aromatic rings. The van der Waals surface area contributed by atoms with Gasteiger partial charge in [-0.05, 0) is 29.8 Å². The average Bonchev–Trinajstić information content (AvgIpc) is 3.10. The topological polar surface area (TPSA) is 58.2 Å². The molecule has 0 spiro atoms. The lowest BCUT2D eigenvalue weighted by Gasteiger charge is -2.33. The number of rotatable bonds is 4. The summed E-state index contributed by atoms with van der Waals surface area (Å²) in [6, 6.07) is 14.1. The van der Waals surface area contributed by atoms with Gasteiger partial charge in [-0.15, -0.1) is 0 Å². The fraction of sp³-hybridized carbons (Fsp3) is 0.300. The molecule has 0 aliphatic carbocycles. The minimum Gasteiger partial charge on any atom is -0.370 e. The summed E-state index contributed by atoms with van der Waals surface area (Å²) in [6.45, 7) is 1.56. The summed E-state index contributed by atoms with van der Waals surface area (Å²) in [5, 5.41) is 0. The van der Waals surface area contributed by atoms with Crippen molar-refractivity contribution < 1.29 is 13.9 Å². The maximum Gasteiger partial charge on any atom is 0.223 e. The van der Waals surface area contributed by atoms with E-state index in [0.717, 1.165) is 22.4 Å². The van der Waals surface area contributed by atoms with E-state index in [1.165, 1.54) is 12.1 Å². The monoisotopic (exact) mass is 353 g/mol. The molecule has 1 fully saturated rings. The number of para-hydroxylation sites is 2. The van der Waals surface area contributed by atoms with E-state index in [4.69, 9.17) is 4.74 Å². The first-order valence-electron chi connectivity index (χ1n) is 8.77. The van der Waals surface area contributed by atoms with Crippen LogP contribution in [-0.2, 0) is 16.0 Å². The Kier molecular flexibility index (Phi) is 4.67. The van der Waals surface area contributed by atoms with Gasteiger partial charge < -0.3 is 14.6 Å². The summed E-state index contributed by atoms with van der Waals surface area (Å²) < 4.78 is 18.8. The van der Waals surface area contributed by atoms with Crippen LogP contribution in [0.1, 0.15) is 23.9 Å². The van der Waals surface area contributed by atoms with Gasteiger partial charge in [-0.2, -0.15) is 0 Å². The molecule has 1 aliphatic heterocycles. The Balaban J connectivity index is 1.37. The van der Waals surface area contributed by atoms with Crippen LogP contribution >= 0.6 is 0 Å². The normalized spacial score (nSPS) is 17.6.